The van der Waals surface area contributed by atoms with Crippen LogP contribution in [0.2, 0.25) is 0 Å². The fourth-order valence-electron chi connectivity index (χ4n) is 1.20. The first-order valence-electron chi connectivity index (χ1n) is 3.65. The molecule has 2 heterocycles. The highest BCUT2D eigenvalue weighted by Crippen LogP contribution is 2.32. The zero-order chi connectivity index (χ0) is 9.42. The predicted octanol–water partition coefficient (Wildman–Crippen LogP) is 0.497. The molecule has 0 saturated carbocycles. The minimum Gasteiger partial charge on any atom is -0.489 e. The molecule has 0 bridgehead atoms. The first-order valence-corrected chi connectivity index (χ1v) is 4.53. The fraction of sp³-hybridized carbons (Fsp3) is 0.250. The molecule has 1 aromatic heterocycles. The molecule has 2 rings (SSSR count). The molecular formula is C8H6O4S. The van der Waals surface area contributed by atoms with E-state index in [4.69, 9.17) is 4.74 Å². The number of aldehydes is 1. The van der Waals surface area contributed by atoms with Gasteiger partial charge in [0.2, 0.25) is 0 Å². The van der Waals surface area contributed by atoms with Crippen LogP contribution in [0.4, 0.5) is 0 Å². The van der Waals surface area contributed by atoms with Crippen molar-refractivity contribution in [3.8, 4) is 5.75 Å². The number of carbonyl (C=O) groups excluding carboxylic acids is 2. The molecule has 0 spiro atoms. The van der Waals surface area contributed by atoms with Crippen LogP contribution >= 0.6 is 11.3 Å². The SMILES string of the molecule is O=Cc1scc2c1C(=O)C(O)CO2. The van der Waals surface area contributed by atoms with E-state index in [0.29, 0.717) is 16.9 Å². The van der Waals surface area contributed by atoms with Crippen LogP contribution in [-0.4, -0.2) is 29.9 Å². The Balaban J connectivity index is 2.54. The van der Waals surface area contributed by atoms with Gasteiger partial charge in [0.05, 0.1) is 10.4 Å². The van der Waals surface area contributed by atoms with Crippen LogP contribution in [0.5, 0.6) is 5.75 Å². The van der Waals surface area contributed by atoms with E-state index in [9.17, 15) is 14.7 Å². The number of Topliss-reactive ketones (excluding diaryl/α,β-unsaturated/α-hetero) is 1. The number of ether oxygens (including phenoxy) is 1. The van der Waals surface area contributed by atoms with Crippen molar-refractivity contribution >= 4 is 23.4 Å². The fourth-order valence-corrected chi connectivity index (χ4v) is 2.00. The number of aliphatic hydroxyl groups excluding tert-OH is 1. The van der Waals surface area contributed by atoms with E-state index in [1.807, 2.05) is 0 Å². The van der Waals surface area contributed by atoms with Gasteiger partial charge in [-0.15, -0.1) is 11.3 Å². The second kappa shape index (κ2) is 2.93. The minimum atomic E-state index is -1.14. The van der Waals surface area contributed by atoms with Crippen molar-refractivity contribution in [2.75, 3.05) is 6.61 Å². The number of carbonyl (C=O) groups is 2. The first-order chi connectivity index (χ1) is 6.24. The lowest BCUT2D eigenvalue weighted by Gasteiger charge is -2.17. The Morgan fingerprint density at radius 2 is 2.46 bits per heavy atom. The summed E-state index contributed by atoms with van der Waals surface area (Å²) < 4.78 is 5.07. The van der Waals surface area contributed by atoms with E-state index in [2.05, 4.69) is 0 Å². The van der Waals surface area contributed by atoms with E-state index in [1.165, 1.54) is 0 Å². The number of rotatable bonds is 1. The highest BCUT2D eigenvalue weighted by molar-refractivity contribution is 7.12. The number of aliphatic hydroxyl groups is 1. The Bertz CT molecular complexity index is 368. The molecular weight excluding hydrogens is 192 g/mol. The summed E-state index contributed by atoms with van der Waals surface area (Å²) in [6.07, 6.45) is -0.538. The van der Waals surface area contributed by atoms with Crippen molar-refractivity contribution < 1.29 is 19.4 Å². The molecule has 5 heteroatoms. The Morgan fingerprint density at radius 3 is 3.15 bits per heavy atom. The molecule has 0 fully saturated rings. The monoisotopic (exact) mass is 198 g/mol. The van der Waals surface area contributed by atoms with Crippen LogP contribution < -0.4 is 4.74 Å². The van der Waals surface area contributed by atoms with E-state index >= 15 is 0 Å². The van der Waals surface area contributed by atoms with Crippen LogP contribution in [0.15, 0.2) is 5.38 Å². The van der Waals surface area contributed by atoms with Crippen LogP contribution in [0.25, 0.3) is 0 Å². The van der Waals surface area contributed by atoms with Crippen molar-refractivity contribution in [1.29, 1.82) is 0 Å². The normalized spacial score (nSPS) is 20.7. The maximum atomic E-state index is 11.4. The van der Waals surface area contributed by atoms with E-state index in [-0.39, 0.29) is 12.2 Å². The van der Waals surface area contributed by atoms with Gasteiger partial charge in [-0.05, 0) is 0 Å². The summed E-state index contributed by atoms with van der Waals surface area (Å²) in [5, 5.41) is 10.8. The molecule has 1 aromatic rings. The summed E-state index contributed by atoms with van der Waals surface area (Å²) in [7, 11) is 0. The largest absolute Gasteiger partial charge is 0.489 e. The van der Waals surface area contributed by atoms with Crippen LogP contribution in [0.3, 0.4) is 0 Å². The van der Waals surface area contributed by atoms with Crippen molar-refractivity contribution in [1.82, 2.24) is 0 Å². The lowest BCUT2D eigenvalue weighted by Crippen LogP contribution is -2.32. The van der Waals surface area contributed by atoms with Gasteiger partial charge in [0, 0.05) is 5.38 Å². The molecule has 0 aliphatic carbocycles. The Kier molecular flexibility index (Phi) is 1.90. The quantitative estimate of drug-likeness (QED) is 0.667. The number of hydrogen-bond donors (Lipinski definition) is 1. The van der Waals surface area contributed by atoms with Crippen LogP contribution in [0, 0.1) is 0 Å². The van der Waals surface area contributed by atoms with Gasteiger partial charge in [0.15, 0.2) is 18.2 Å². The Labute approximate surface area is 77.8 Å². The van der Waals surface area contributed by atoms with Gasteiger partial charge in [-0.2, -0.15) is 0 Å². The van der Waals surface area contributed by atoms with E-state index in [0.717, 1.165) is 11.3 Å². The third-order valence-electron chi connectivity index (χ3n) is 1.84. The molecule has 1 aliphatic heterocycles. The van der Waals surface area contributed by atoms with Crippen LogP contribution in [0.1, 0.15) is 20.0 Å². The van der Waals surface area contributed by atoms with Gasteiger partial charge in [0.1, 0.15) is 12.4 Å². The van der Waals surface area contributed by atoms with Gasteiger partial charge in [-0.3, -0.25) is 9.59 Å². The molecule has 1 atom stereocenters. The summed E-state index contributed by atoms with van der Waals surface area (Å²) in [6, 6.07) is 0. The van der Waals surface area contributed by atoms with Gasteiger partial charge in [-0.1, -0.05) is 0 Å². The van der Waals surface area contributed by atoms with Crippen LogP contribution in [-0.2, 0) is 0 Å². The number of fused-ring (bicyclic) bond motifs is 1. The average molecular weight is 198 g/mol. The van der Waals surface area contributed by atoms with Gasteiger partial charge >= 0.3 is 0 Å². The van der Waals surface area contributed by atoms with Gasteiger partial charge in [0.25, 0.3) is 0 Å². The first kappa shape index (κ1) is 8.40. The van der Waals surface area contributed by atoms with Crippen molar-refractivity contribution in [3.63, 3.8) is 0 Å². The van der Waals surface area contributed by atoms with Crippen molar-refractivity contribution in [3.05, 3.63) is 15.8 Å². The molecule has 0 amide bonds. The maximum absolute atomic E-state index is 11.4. The lowest BCUT2D eigenvalue weighted by atomic mass is 10.1. The molecule has 13 heavy (non-hydrogen) atoms. The van der Waals surface area contributed by atoms with E-state index < -0.39 is 11.9 Å². The smallest absolute Gasteiger partial charge is 0.200 e. The van der Waals surface area contributed by atoms with Crippen molar-refractivity contribution in [2.45, 2.75) is 6.10 Å². The molecule has 0 aromatic carbocycles. The highest BCUT2D eigenvalue weighted by atomic mass is 32.1. The second-order valence-corrected chi connectivity index (χ2v) is 3.56. The molecule has 0 radical (unpaired) electrons. The Hall–Kier alpha value is -1.20. The van der Waals surface area contributed by atoms with Crippen molar-refractivity contribution in [2.24, 2.45) is 0 Å². The number of ketones is 1. The maximum Gasteiger partial charge on any atom is 0.200 e. The van der Waals surface area contributed by atoms with Gasteiger partial charge < -0.3 is 9.84 Å². The second-order valence-electron chi connectivity index (χ2n) is 2.65. The molecule has 1 unspecified atom stereocenters. The molecule has 1 N–H and O–H groups in total. The molecule has 68 valence electrons. The van der Waals surface area contributed by atoms with Gasteiger partial charge in [-0.25, -0.2) is 0 Å². The average Bonchev–Trinajstić information content (AvgIpc) is 2.55. The van der Waals surface area contributed by atoms with E-state index in [1.54, 1.807) is 5.38 Å². The summed E-state index contributed by atoms with van der Waals surface area (Å²) >= 11 is 1.15. The zero-order valence-corrected chi connectivity index (χ0v) is 7.34. The topological polar surface area (TPSA) is 63.6 Å². The summed E-state index contributed by atoms with van der Waals surface area (Å²) in [5.74, 6) is -0.0213. The highest BCUT2D eigenvalue weighted by Gasteiger charge is 2.30. The molecule has 4 nitrogen and oxygen atoms in total. The molecule has 0 saturated heterocycles. The zero-order valence-electron chi connectivity index (χ0n) is 6.52. The summed E-state index contributed by atoms with van der Waals surface area (Å²) in [5.41, 5.74) is 0.221. The summed E-state index contributed by atoms with van der Waals surface area (Å²) in [4.78, 5) is 22.2. The standard InChI is InChI=1S/C8H6O4S/c9-1-6-7-5(3-13-6)12-2-4(10)8(7)11/h1,3-4,10H,2H2. The predicted molar refractivity (Wildman–Crippen MR) is 45.5 cm³/mol. The molecule has 1 aliphatic rings. The Morgan fingerprint density at radius 1 is 1.69 bits per heavy atom. The third-order valence-corrected chi connectivity index (χ3v) is 2.72. The minimum absolute atomic E-state index is 0.0269. The third kappa shape index (κ3) is 1.16. The summed E-state index contributed by atoms with van der Waals surface area (Å²) in [6.45, 7) is -0.0269. The number of hydrogen-bond acceptors (Lipinski definition) is 5. The number of thiophene rings is 1. The lowest BCUT2D eigenvalue weighted by molar-refractivity contribution is 0.0558.